The van der Waals surface area contributed by atoms with E-state index in [0.29, 0.717) is 19.8 Å². The molecule has 0 bridgehead atoms. The Kier molecular flexibility index (Phi) is 2.49. The smallest absolute Gasteiger partial charge is 0.127 e. The van der Waals surface area contributed by atoms with Crippen molar-refractivity contribution in [2.75, 3.05) is 19.8 Å². The lowest BCUT2D eigenvalue weighted by molar-refractivity contribution is -0.155. The van der Waals surface area contributed by atoms with Crippen LogP contribution >= 0.6 is 0 Å². The third-order valence-corrected chi connectivity index (χ3v) is 4.80. The SMILES string of the molecule is NCC1(C2(c3ccccc3F)COC2)CCC1. The fourth-order valence-corrected chi connectivity index (χ4v) is 3.38. The Morgan fingerprint density at radius 1 is 1.24 bits per heavy atom. The lowest BCUT2D eigenvalue weighted by Gasteiger charge is -2.60. The minimum Gasteiger partial charge on any atom is -0.379 e. The Labute approximate surface area is 101 Å². The van der Waals surface area contributed by atoms with E-state index in [1.54, 1.807) is 6.07 Å². The third-order valence-electron chi connectivity index (χ3n) is 4.80. The van der Waals surface area contributed by atoms with E-state index in [1.807, 2.05) is 12.1 Å². The van der Waals surface area contributed by atoms with E-state index >= 15 is 0 Å². The fraction of sp³-hybridized carbons (Fsp3) is 0.571. The van der Waals surface area contributed by atoms with E-state index < -0.39 is 0 Å². The summed E-state index contributed by atoms with van der Waals surface area (Å²) in [7, 11) is 0. The van der Waals surface area contributed by atoms with Gasteiger partial charge in [-0.1, -0.05) is 24.6 Å². The number of rotatable bonds is 3. The zero-order valence-corrected chi connectivity index (χ0v) is 9.92. The molecule has 0 radical (unpaired) electrons. The van der Waals surface area contributed by atoms with E-state index in [9.17, 15) is 4.39 Å². The van der Waals surface area contributed by atoms with Gasteiger partial charge in [0.2, 0.25) is 0 Å². The van der Waals surface area contributed by atoms with Gasteiger partial charge < -0.3 is 10.5 Å². The van der Waals surface area contributed by atoms with Gasteiger partial charge >= 0.3 is 0 Å². The largest absolute Gasteiger partial charge is 0.379 e. The van der Waals surface area contributed by atoms with Crippen LogP contribution in [-0.2, 0) is 10.2 Å². The second kappa shape index (κ2) is 3.79. The summed E-state index contributed by atoms with van der Waals surface area (Å²) >= 11 is 0. The van der Waals surface area contributed by atoms with Crippen LogP contribution in [0.5, 0.6) is 0 Å². The van der Waals surface area contributed by atoms with Crippen LogP contribution in [0, 0.1) is 11.2 Å². The van der Waals surface area contributed by atoms with Gasteiger partial charge in [-0.3, -0.25) is 0 Å². The van der Waals surface area contributed by atoms with E-state index in [0.717, 1.165) is 18.4 Å². The average molecular weight is 235 g/mol. The van der Waals surface area contributed by atoms with Gasteiger partial charge in [-0.15, -0.1) is 0 Å². The van der Waals surface area contributed by atoms with Gasteiger partial charge in [-0.2, -0.15) is 0 Å². The van der Waals surface area contributed by atoms with Crippen LogP contribution in [0.4, 0.5) is 4.39 Å². The van der Waals surface area contributed by atoms with E-state index in [1.165, 1.54) is 12.5 Å². The van der Waals surface area contributed by atoms with Gasteiger partial charge in [0.1, 0.15) is 5.82 Å². The molecule has 0 unspecified atom stereocenters. The van der Waals surface area contributed by atoms with Crippen LogP contribution in [0.15, 0.2) is 24.3 Å². The van der Waals surface area contributed by atoms with Crippen molar-refractivity contribution in [3.05, 3.63) is 35.6 Å². The predicted molar refractivity (Wildman–Crippen MR) is 64.2 cm³/mol. The molecule has 1 aromatic rings. The van der Waals surface area contributed by atoms with Crippen LogP contribution in [-0.4, -0.2) is 19.8 Å². The molecule has 2 aliphatic rings. The predicted octanol–water partition coefficient (Wildman–Crippen LogP) is 2.22. The summed E-state index contributed by atoms with van der Waals surface area (Å²) in [6.07, 6.45) is 3.40. The van der Waals surface area contributed by atoms with Gasteiger partial charge in [-0.25, -0.2) is 4.39 Å². The standard InChI is InChI=1S/C14H18FNO/c15-12-5-2-1-4-11(12)14(9-17-10-14)13(8-16)6-3-7-13/h1-2,4-5H,3,6-10,16H2. The molecular formula is C14H18FNO. The number of hydrogen-bond acceptors (Lipinski definition) is 2. The molecule has 0 spiro atoms. The summed E-state index contributed by atoms with van der Waals surface area (Å²) in [6.45, 7) is 1.86. The Balaban J connectivity index is 2.06. The molecule has 0 amide bonds. The molecule has 2 nitrogen and oxygen atoms in total. The van der Waals surface area contributed by atoms with Gasteiger partial charge in [0.25, 0.3) is 0 Å². The highest BCUT2D eigenvalue weighted by molar-refractivity contribution is 5.34. The van der Waals surface area contributed by atoms with Crippen molar-refractivity contribution >= 4 is 0 Å². The zero-order valence-electron chi connectivity index (χ0n) is 9.92. The normalized spacial score (nSPS) is 24.8. The number of halogens is 1. The summed E-state index contributed by atoms with van der Waals surface area (Å²) < 4.78 is 19.4. The Bertz CT molecular complexity index is 418. The molecule has 17 heavy (non-hydrogen) atoms. The molecule has 1 aliphatic carbocycles. The first-order valence-electron chi connectivity index (χ1n) is 6.27. The Morgan fingerprint density at radius 2 is 1.94 bits per heavy atom. The molecule has 1 aromatic carbocycles. The van der Waals surface area contributed by atoms with Crippen LogP contribution in [0.2, 0.25) is 0 Å². The Hall–Kier alpha value is -0.930. The van der Waals surface area contributed by atoms with Crippen LogP contribution in [0.1, 0.15) is 24.8 Å². The van der Waals surface area contributed by atoms with Crippen molar-refractivity contribution in [3.8, 4) is 0 Å². The van der Waals surface area contributed by atoms with Crippen LogP contribution in [0.25, 0.3) is 0 Å². The topological polar surface area (TPSA) is 35.2 Å². The first-order valence-corrected chi connectivity index (χ1v) is 6.27. The van der Waals surface area contributed by atoms with Crippen molar-refractivity contribution in [2.45, 2.75) is 24.7 Å². The summed E-state index contributed by atoms with van der Waals surface area (Å²) in [6, 6.07) is 7.08. The van der Waals surface area contributed by atoms with Crippen molar-refractivity contribution in [2.24, 2.45) is 11.1 Å². The maximum atomic E-state index is 14.0. The minimum absolute atomic E-state index is 0.0629. The molecule has 3 rings (SSSR count). The first-order chi connectivity index (χ1) is 8.24. The highest BCUT2D eigenvalue weighted by Gasteiger charge is 2.59. The zero-order chi connectivity index (χ0) is 11.9. The van der Waals surface area contributed by atoms with E-state index in [-0.39, 0.29) is 16.6 Å². The molecule has 92 valence electrons. The molecule has 2 N–H and O–H groups in total. The van der Waals surface area contributed by atoms with Crippen LogP contribution < -0.4 is 5.73 Å². The third kappa shape index (κ3) is 1.33. The second-order valence-corrected chi connectivity index (χ2v) is 5.39. The molecule has 0 aromatic heterocycles. The highest BCUT2D eigenvalue weighted by atomic mass is 19.1. The summed E-state index contributed by atoms with van der Waals surface area (Å²) in [4.78, 5) is 0. The molecule has 1 heterocycles. The lowest BCUT2D eigenvalue weighted by Crippen LogP contribution is -2.64. The molecule has 1 saturated carbocycles. The molecule has 2 fully saturated rings. The number of hydrogen-bond donors (Lipinski definition) is 1. The first kappa shape index (κ1) is 11.2. The van der Waals surface area contributed by atoms with Gasteiger partial charge in [0, 0.05) is 0 Å². The lowest BCUT2D eigenvalue weighted by atomic mass is 9.49. The summed E-state index contributed by atoms with van der Waals surface area (Å²) in [5.74, 6) is -0.115. The summed E-state index contributed by atoms with van der Waals surface area (Å²) in [5, 5.41) is 0. The summed E-state index contributed by atoms with van der Waals surface area (Å²) in [5.41, 5.74) is 6.66. The monoisotopic (exact) mass is 235 g/mol. The molecule has 1 saturated heterocycles. The van der Waals surface area contributed by atoms with Gasteiger partial charge in [0.15, 0.2) is 0 Å². The van der Waals surface area contributed by atoms with Gasteiger partial charge in [-0.05, 0) is 36.4 Å². The highest BCUT2D eigenvalue weighted by Crippen LogP contribution is 2.58. The Morgan fingerprint density at radius 3 is 2.35 bits per heavy atom. The molecule has 0 atom stereocenters. The van der Waals surface area contributed by atoms with Crippen molar-refractivity contribution in [1.82, 2.24) is 0 Å². The molecule has 3 heteroatoms. The number of benzene rings is 1. The quantitative estimate of drug-likeness (QED) is 0.872. The number of nitrogens with two attached hydrogens (primary N) is 1. The van der Waals surface area contributed by atoms with E-state index in [4.69, 9.17) is 10.5 Å². The van der Waals surface area contributed by atoms with Crippen molar-refractivity contribution in [1.29, 1.82) is 0 Å². The average Bonchev–Trinajstić information content (AvgIpc) is 2.22. The maximum absolute atomic E-state index is 14.0. The second-order valence-electron chi connectivity index (χ2n) is 5.39. The number of ether oxygens (including phenoxy) is 1. The van der Waals surface area contributed by atoms with Crippen LogP contribution in [0.3, 0.4) is 0 Å². The van der Waals surface area contributed by atoms with Crippen molar-refractivity contribution in [3.63, 3.8) is 0 Å². The minimum atomic E-state index is -0.175. The van der Waals surface area contributed by atoms with Crippen molar-refractivity contribution < 1.29 is 9.13 Å². The van der Waals surface area contributed by atoms with E-state index in [2.05, 4.69) is 0 Å². The van der Waals surface area contributed by atoms with Gasteiger partial charge in [0.05, 0.1) is 18.6 Å². The molecular weight excluding hydrogens is 217 g/mol. The maximum Gasteiger partial charge on any atom is 0.127 e. The fourth-order valence-electron chi connectivity index (χ4n) is 3.38. The molecule has 1 aliphatic heterocycles.